The number of fused-ring (bicyclic) bond motifs is 1. The van der Waals surface area contributed by atoms with Gasteiger partial charge in [-0.25, -0.2) is 4.79 Å². The van der Waals surface area contributed by atoms with Gasteiger partial charge in [-0.2, -0.15) is 0 Å². The van der Waals surface area contributed by atoms with Crippen LogP contribution in [-0.4, -0.2) is 40.6 Å². The Morgan fingerprint density at radius 2 is 2.23 bits per heavy atom. The summed E-state index contributed by atoms with van der Waals surface area (Å²) in [4.78, 5) is 25.8. The van der Waals surface area contributed by atoms with Crippen molar-refractivity contribution in [3.63, 3.8) is 0 Å². The zero-order chi connectivity index (χ0) is 15.9. The number of carboxylic acids is 1. The average molecular weight is 324 g/mol. The number of amides is 1. The molecule has 1 N–H and O–H groups in total. The van der Waals surface area contributed by atoms with Crippen LogP contribution in [0.5, 0.6) is 5.75 Å². The van der Waals surface area contributed by atoms with Gasteiger partial charge in [0, 0.05) is 11.6 Å². The summed E-state index contributed by atoms with van der Waals surface area (Å²) in [5.41, 5.74) is -0.209. The summed E-state index contributed by atoms with van der Waals surface area (Å²) in [6.45, 7) is 2.38. The number of benzene rings is 1. The summed E-state index contributed by atoms with van der Waals surface area (Å²) in [5, 5.41) is 10.0. The van der Waals surface area contributed by atoms with Crippen molar-refractivity contribution < 1.29 is 19.4 Å². The number of nitrogens with zero attached hydrogens (tertiary/aromatic N) is 1. The van der Waals surface area contributed by atoms with Crippen LogP contribution in [0.25, 0.3) is 0 Å². The van der Waals surface area contributed by atoms with Crippen molar-refractivity contribution in [2.24, 2.45) is 5.92 Å². The number of carbonyl (C=O) groups is 2. The van der Waals surface area contributed by atoms with Gasteiger partial charge < -0.3 is 14.7 Å². The van der Waals surface area contributed by atoms with E-state index in [1.807, 2.05) is 0 Å². The minimum Gasteiger partial charge on any atom is -0.492 e. The molecule has 0 aromatic heterocycles. The maximum Gasteiger partial charge on any atom is 0.329 e. The van der Waals surface area contributed by atoms with Gasteiger partial charge in [-0.3, -0.25) is 4.79 Å². The second-order valence-corrected chi connectivity index (χ2v) is 6.57. The molecule has 0 saturated carbocycles. The predicted octanol–water partition coefficient (Wildman–Crippen LogP) is 2.36. The Morgan fingerprint density at radius 3 is 2.95 bits per heavy atom. The van der Waals surface area contributed by atoms with Crippen molar-refractivity contribution in [2.75, 3.05) is 13.2 Å². The normalized spacial score (nSPS) is 27.2. The lowest BCUT2D eigenvalue weighted by molar-refractivity contribution is -0.157. The van der Waals surface area contributed by atoms with Crippen LogP contribution in [0.4, 0.5) is 0 Å². The first kappa shape index (κ1) is 15.2. The van der Waals surface area contributed by atoms with E-state index in [1.165, 1.54) is 4.90 Å². The van der Waals surface area contributed by atoms with Gasteiger partial charge in [0.1, 0.15) is 17.9 Å². The number of hydrogen-bond donors (Lipinski definition) is 1. The van der Waals surface area contributed by atoms with Gasteiger partial charge in [0.2, 0.25) is 5.91 Å². The monoisotopic (exact) mass is 323 g/mol. The number of hydrogen-bond acceptors (Lipinski definition) is 3. The van der Waals surface area contributed by atoms with E-state index in [0.717, 1.165) is 11.3 Å². The van der Waals surface area contributed by atoms with Gasteiger partial charge in [-0.05, 0) is 49.9 Å². The summed E-state index contributed by atoms with van der Waals surface area (Å²) in [7, 11) is 0. The SMILES string of the molecule is CC1(C(=O)O)CCCN1C(=O)C1COc2ccc(Cl)cc2C1. The molecule has 0 spiro atoms. The molecule has 6 heteroatoms. The largest absolute Gasteiger partial charge is 0.492 e. The topological polar surface area (TPSA) is 66.8 Å². The molecule has 1 amide bonds. The zero-order valence-electron chi connectivity index (χ0n) is 12.3. The molecule has 1 aromatic carbocycles. The van der Waals surface area contributed by atoms with Crippen LogP contribution in [0, 0.1) is 5.92 Å². The molecule has 0 radical (unpaired) electrons. The molecule has 2 atom stereocenters. The number of carbonyl (C=O) groups excluding carboxylic acids is 1. The second-order valence-electron chi connectivity index (χ2n) is 6.14. The first-order chi connectivity index (χ1) is 10.4. The maximum atomic E-state index is 12.8. The third-order valence-corrected chi connectivity index (χ3v) is 4.88. The van der Waals surface area contributed by atoms with Crippen LogP contribution in [-0.2, 0) is 16.0 Å². The molecule has 0 bridgehead atoms. The van der Waals surface area contributed by atoms with Gasteiger partial charge in [-0.1, -0.05) is 11.6 Å². The second kappa shape index (κ2) is 5.47. The highest BCUT2D eigenvalue weighted by molar-refractivity contribution is 6.30. The lowest BCUT2D eigenvalue weighted by Crippen LogP contribution is -2.53. The minimum absolute atomic E-state index is 0.145. The quantitative estimate of drug-likeness (QED) is 0.907. The van der Waals surface area contributed by atoms with Crippen molar-refractivity contribution in [3.05, 3.63) is 28.8 Å². The van der Waals surface area contributed by atoms with Gasteiger partial charge in [-0.15, -0.1) is 0 Å². The number of aliphatic carboxylic acids is 1. The molecular weight excluding hydrogens is 306 g/mol. The van der Waals surface area contributed by atoms with E-state index in [-0.39, 0.29) is 18.4 Å². The zero-order valence-corrected chi connectivity index (χ0v) is 13.1. The van der Waals surface area contributed by atoms with Crippen LogP contribution < -0.4 is 4.74 Å². The highest BCUT2D eigenvalue weighted by Crippen LogP contribution is 2.34. The Labute approximate surface area is 133 Å². The molecule has 1 fully saturated rings. The standard InChI is InChI=1S/C16H18ClNO4/c1-16(15(20)21)5-2-6-18(16)14(19)11-7-10-8-12(17)3-4-13(10)22-9-11/h3-4,8,11H,2,5-7,9H2,1H3,(H,20,21). The Bertz CT molecular complexity index is 633. The molecule has 1 saturated heterocycles. The molecule has 2 aliphatic heterocycles. The minimum atomic E-state index is -1.11. The van der Waals surface area contributed by atoms with Crippen LogP contribution in [0.2, 0.25) is 5.02 Å². The van der Waals surface area contributed by atoms with Crippen molar-refractivity contribution >= 4 is 23.5 Å². The summed E-state index contributed by atoms with van der Waals surface area (Å²) >= 11 is 5.99. The van der Waals surface area contributed by atoms with E-state index in [9.17, 15) is 14.7 Å². The van der Waals surface area contributed by atoms with Crippen molar-refractivity contribution in [1.29, 1.82) is 0 Å². The van der Waals surface area contributed by atoms with Gasteiger partial charge in [0.05, 0.1) is 5.92 Å². The molecule has 118 valence electrons. The highest BCUT2D eigenvalue weighted by Gasteiger charge is 2.47. The van der Waals surface area contributed by atoms with E-state index in [4.69, 9.17) is 16.3 Å². The third kappa shape index (κ3) is 2.43. The van der Waals surface area contributed by atoms with Crippen LogP contribution in [0.1, 0.15) is 25.3 Å². The summed E-state index contributed by atoms with van der Waals surface area (Å²) < 4.78 is 5.65. The van der Waals surface area contributed by atoms with Crippen molar-refractivity contribution in [1.82, 2.24) is 4.90 Å². The summed E-state index contributed by atoms with van der Waals surface area (Å²) in [6.07, 6.45) is 1.73. The fraction of sp³-hybridized carbons (Fsp3) is 0.500. The Balaban J connectivity index is 1.81. The van der Waals surface area contributed by atoms with Gasteiger partial charge >= 0.3 is 5.97 Å². The molecule has 2 unspecified atom stereocenters. The molecule has 22 heavy (non-hydrogen) atoms. The third-order valence-electron chi connectivity index (χ3n) is 4.65. The number of carboxylic acid groups (broad SMARTS) is 1. The van der Waals surface area contributed by atoms with E-state index >= 15 is 0 Å². The van der Waals surface area contributed by atoms with Crippen molar-refractivity contribution in [2.45, 2.75) is 31.7 Å². The van der Waals surface area contributed by atoms with Crippen molar-refractivity contribution in [3.8, 4) is 5.75 Å². The molecular formula is C16H18ClNO4. The average Bonchev–Trinajstić information content (AvgIpc) is 2.89. The van der Waals surface area contributed by atoms with Crippen LogP contribution in [0.15, 0.2) is 18.2 Å². The Morgan fingerprint density at radius 1 is 1.45 bits per heavy atom. The first-order valence-electron chi connectivity index (χ1n) is 7.38. The van der Waals surface area contributed by atoms with E-state index in [0.29, 0.717) is 30.8 Å². The first-order valence-corrected chi connectivity index (χ1v) is 7.76. The Kier molecular flexibility index (Phi) is 3.77. The number of ether oxygens (including phenoxy) is 1. The van der Waals surface area contributed by atoms with Gasteiger partial charge in [0.15, 0.2) is 0 Å². The molecule has 5 nitrogen and oxygen atoms in total. The smallest absolute Gasteiger partial charge is 0.329 e. The maximum absolute atomic E-state index is 12.8. The molecule has 2 heterocycles. The van der Waals surface area contributed by atoms with Crippen LogP contribution >= 0.6 is 11.6 Å². The fourth-order valence-corrected chi connectivity index (χ4v) is 3.48. The number of likely N-dealkylation sites (tertiary alicyclic amines) is 1. The van der Waals surface area contributed by atoms with Gasteiger partial charge in [0.25, 0.3) is 0 Å². The molecule has 3 rings (SSSR count). The van der Waals surface area contributed by atoms with E-state index in [2.05, 4.69) is 0 Å². The molecule has 0 aliphatic carbocycles. The summed E-state index contributed by atoms with van der Waals surface area (Å²) in [6, 6.07) is 5.36. The molecule has 2 aliphatic rings. The van der Waals surface area contributed by atoms with E-state index in [1.54, 1.807) is 25.1 Å². The number of rotatable bonds is 2. The van der Waals surface area contributed by atoms with E-state index < -0.39 is 11.5 Å². The fourth-order valence-electron chi connectivity index (χ4n) is 3.28. The molecule has 1 aromatic rings. The Hall–Kier alpha value is -1.75. The van der Waals surface area contributed by atoms with Crippen LogP contribution in [0.3, 0.4) is 0 Å². The lowest BCUT2D eigenvalue weighted by Gasteiger charge is -2.35. The predicted molar refractivity (Wildman–Crippen MR) is 81.1 cm³/mol. The summed E-state index contributed by atoms with van der Waals surface area (Å²) in [5.74, 6) is -0.704. The number of halogens is 1. The lowest BCUT2D eigenvalue weighted by atomic mass is 9.93. The highest BCUT2D eigenvalue weighted by atomic mass is 35.5.